The number of halogens is 2. The lowest BCUT2D eigenvalue weighted by atomic mass is 10.1. The predicted octanol–water partition coefficient (Wildman–Crippen LogP) is 4.46. The van der Waals surface area contributed by atoms with E-state index in [1.54, 1.807) is 6.07 Å². The number of rotatable bonds is 2. The fourth-order valence-corrected chi connectivity index (χ4v) is 2.12. The van der Waals surface area contributed by atoms with E-state index in [-0.39, 0.29) is 11.7 Å². The summed E-state index contributed by atoms with van der Waals surface area (Å²) in [5.74, 6) is -0.563. The molecule has 0 heterocycles. The van der Waals surface area contributed by atoms with Gasteiger partial charge in [-0.05, 0) is 71.2 Å². The minimum Gasteiger partial charge on any atom is -0.321 e. The lowest BCUT2D eigenvalue weighted by Crippen LogP contribution is -2.12. The Morgan fingerprint density at radius 1 is 1.11 bits per heavy atom. The molecule has 4 heteroatoms. The zero-order valence-corrected chi connectivity index (χ0v) is 12.2. The van der Waals surface area contributed by atoms with Crippen LogP contribution < -0.4 is 5.32 Å². The van der Waals surface area contributed by atoms with Gasteiger partial charge < -0.3 is 5.32 Å². The smallest absolute Gasteiger partial charge is 0.255 e. The SMILES string of the molecule is Cc1ccc(C(=O)Nc2ccc(F)cc2Br)cc1C. The van der Waals surface area contributed by atoms with E-state index in [1.165, 1.54) is 18.2 Å². The summed E-state index contributed by atoms with van der Waals surface area (Å²) in [4.78, 5) is 12.1. The predicted molar refractivity (Wildman–Crippen MR) is 78.0 cm³/mol. The molecule has 0 aliphatic carbocycles. The Morgan fingerprint density at radius 2 is 1.84 bits per heavy atom. The van der Waals surface area contributed by atoms with Crippen molar-refractivity contribution in [2.24, 2.45) is 0 Å². The number of amides is 1. The topological polar surface area (TPSA) is 29.1 Å². The Bertz CT molecular complexity index is 640. The fourth-order valence-electron chi connectivity index (χ4n) is 1.67. The number of hydrogen-bond donors (Lipinski definition) is 1. The highest BCUT2D eigenvalue weighted by atomic mass is 79.9. The molecule has 0 fully saturated rings. The van der Waals surface area contributed by atoms with E-state index in [9.17, 15) is 9.18 Å². The van der Waals surface area contributed by atoms with Gasteiger partial charge in [-0.15, -0.1) is 0 Å². The van der Waals surface area contributed by atoms with E-state index in [4.69, 9.17) is 0 Å². The van der Waals surface area contributed by atoms with Crippen molar-refractivity contribution >= 4 is 27.5 Å². The molecule has 0 radical (unpaired) electrons. The van der Waals surface area contributed by atoms with Crippen LogP contribution in [0.5, 0.6) is 0 Å². The maximum absolute atomic E-state index is 13.0. The maximum Gasteiger partial charge on any atom is 0.255 e. The van der Waals surface area contributed by atoms with Crippen molar-refractivity contribution in [3.05, 3.63) is 63.4 Å². The Morgan fingerprint density at radius 3 is 2.47 bits per heavy atom. The van der Waals surface area contributed by atoms with Crippen LogP contribution >= 0.6 is 15.9 Å². The van der Waals surface area contributed by atoms with Crippen LogP contribution in [0.1, 0.15) is 21.5 Å². The molecule has 0 aromatic heterocycles. The van der Waals surface area contributed by atoms with Crippen LogP contribution in [-0.4, -0.2) is 5.91 Å². The molecule has 2 aromatic carbocycles. The number of benzene rings is 2. The molecule has 2 nitrogen and oxygen atoms in total. The number of hydrogen-bond acceptors (Lipinski definition) is 1. The average Bonchev–Trinajstić information content (AvgIpc) is 2.36. The van der Waals surface area contributed by atoms with Crippen LogP contribution in [0.4, 0.5) is 10.1 Å². The standard InChI is InChI=1S/C15H13BrFNO/c1-9-3-4-11(7-10(9)2)15(19)18-14-6-5-12(17)8-13(14)16/h3-8H,1-2H3,(H,18,19). The second-order valence-corrected chi connectivity index (χ2v) is 5.23. The third-order valence-corrected chi connectivity index (χ3v) is 3.60. The van der Waals surface area contributed by atoms with E-state index in [2.05, 4.69) is 21.2 Å². The van der Waals surface area contributed by atoms with Gasteiger partial charge in [-0.25, -0.2) is 4.39 Å². The van der Waals surface area contributed by atoms with Crippen molar-refractivity contribution in [3.8, 4) is 0 Å². The highest BCUT2D eigenvalue weighted by Crippen LogP contribution is 2.23. The molecule has 0 atom stereocenters. The number of nitrogens with one attached hydrogen (secondary N) is 1. The first-order chi connectivity index (χ1) is 8.97. The summed E-state index contributed by atoms with van der Waals surface area (Å²) in [5, 5.41) is 2.75. The van der Waals surface area contributed by atoms with Crippen LogP contribution in [0.2, 0.25) is 0 Å². The van der Waals surface area contributed by atoms with Gasteiger partial charge in [0.15, 0.2) is 0 Å². The Balaban J connectivity index is 2.23. The highest BCUT2D eigenvalue weighted by molar-refractivity contribution is 9.10. The van der Waals surface area contributed by atoms with Crippen molar-refractivity contribution in [2.75, 3.05) is 5.32 Å². The van der Waals surface area contributed by atoms with Gasteiger partial charge >= 0.3 is 0 Å². The van der Waals surface area contributed by atoms with Gasteiger partial charge in [-0.3, -0.25) is 4.79 Å². The number of anilines is 1. The lowest BCUT2D eigenvalue weighted by molar-refractivity contribution is 0.102. The summed E-state index contributed by atoms with van der Waals surface area (Å²) in [7, 11) is 0. The molecule has 19 heavy (non-hydrogen) atoms. The molecule has 1 N–H and O–H groups in total. The minimum absolute atomic E-state index is 0.213. The Kier molecular flexibility index (Phi) is 4.00. The molecule has 2 aromatic rings. The van der Waals surface area contributed by atoms with Crippen molar-refractivity contribution in [1.29, 1.82) is 0 Å². The molecule has 0 unspecified atom stereocenters. The van der Waals surface area contributed by atoms with E-state index in [1.807, 2.05) is 26.0 Å². The second-order valence-electron chi connectivity index (χ2n) is 4.38. The quantitative estimate of drug-likeness (QED) is 0.869. The Hall–Kier alpha value is -1.68. The van der Waals surface area contributed by atoms with Crippen LogP contribution in [0.15, 0.2) is 40.9 Å². The molecular formula is C15H13BrFNO. The lowest BCUT2D eigenvalue weighted by Gasteiger charge is -2.09. The first kappa shape index (κ1) is 13.7. The average molecular weight is 322 g/mol. The van der Waals surface area contributed by atoms with Gasteiger partial charge in [-0.1, -0.05) is 6.07 Å². The second kappa shape index (κ2) is 5.53. The molecule has 2 rings (SSSR count). The first-order valence-corrected chi connectivity index (χ1v) is 6.60. The van der Waals surface area contributed by atoms with Crippen molar-refractivity contribution in [2.45, 2.75) is 13.8 Å². The maximum atomic E-state index is 13.0. The summed E-state index contributed by atoms with van der Waals surface area (Å²) in [6.45, 7) is 3.95. The van der Waals surface area contributed by atoms with Crippen LogP contribution in [0.25, 0.3) is 0 Å². The highest BCUT2D eigenvalue weighted by Gasteiger charge is 2.09. The van der Waals surface area contributed by atoms with Crippen LogP contribution in [-0.2, 0) is 0 Å². The van der Waals surface area contributed by atoms with Crippen molar-refractivity contribution in [1.82, 2.24) is 0 Å². The largest absolute Gasteiger partial charge is 0.321 e. The van der Waals surface area contributed by atoms with Gasteiger partial charge in [-0.2, -0.15) is 0 Å². The fraction of sp³-hybridized carbons (Fsp3) is 0.133. The summed E-state index contributed by atoms with van der Waals surface area (Å²) in [5.41, 5.74) is 3.33. The third-order valence-electron chi connectivity index (χ3n) is 2.95. The van der Waals surface area contributed by atoms with Crippen LogP contribution in [0.3, 0.4) is 0 Å². The van der Waals surface area contributed by atoms with E-state index >= 15 is 0 Å². The minimum atomic E-state index is -0.351. The van der Waals surface area contributed by atoms with Gasteiger partial charge in [0.2, 0.25) is 0 Å². The normalized spacial score (nSPS) is 10.3. The summed E-state index contributed by atoms with van der Waals surface area (Å²) < 4.78 is 13.5. The van der Waals surface area contributed by atoms with Crippen molar-refractivity contribution < 1.29 is 9.18 Å². The van der Waals surface area contributed by atoms with E-state index in [0.29, 0.717) is 15.7 Å². The van der Waals surface area contributed by atoms with Gasteiger partial charge in [0.05, 0.1) is 5.69 Å². The molecule has 0 aliphatic heterocycles. The molecule has 0 aliphatic rings. The monoisotopic (exact) mass is 321 g/mol. The molecule has 0 bridgehead atoms. The summed E-state index contributed by atoms with van der Waals surface area (Å²) in [6, 6.07) is 9.66. The molecule has 0 spiro atoms. The molecule has 98 valence electrons. The molecule has 0 saturated heterocycles. The van der Waals surface area contributed by atoms with E-state index < -0.39 is 0 Å². The van der Waals surface area contributed by atoms with Crippen LogP contribution in [0, 0.1) is 19.7 Å². The van der Waals surface area contributed by atoms with Gasteiger partial charge in [0, 0.05) is 10.0 Å². The number of carbonyl (C=O) groups is 1. The van der Waals surface area contributed by atoms with E-state index in [0.717, 1.165) is 11.1 Å². The molecular weight excluding hydrogens is 309 g/mol. The molecule has 0 saturated carbocycles. The van der Waals surface area contributed by atoms with Crippen molar-refractivity contribution in [3.63, 3.8) is 0 Å². The first-order valence-electron chi connectivity index (χ1n) is 5.81. The summed E-state index contributed by atoms with van der Waals surface area (Å²) >= 11 is 3.22. The van der Waals surface area contributed by atoms with Gasteiger partial charge in [0.25, 0.3) is 5.91 Å². The van der Waals surface area contributed by atoms with Gasteiger partial charge in [0.1, 0.15) is 5.82 Å². The summed E-state index contributed by atoms with van der Waals surface area (Å²) in [6.07, 6.45) is 0. The Labute approximate surface area is 119 Å². The molecule has 1 amide bonds. The zero-order valence-electron chi connectivity index (χ0n) is 10.6. The number of aryl methyl sites for hydroxylation is 2. The number of carbonyl (C=O) groups excluding carboxylic acids is 1. The zero-order chi connectivity index (χ0) is 14.0. The third kappa shape index (κ3) is 3.20.